The van der Waals surface area contributed by atoms with Crippen molar-refractivity contribution < 1.29 is 0 Å². The zero-order chi connectivity index (χ0) is 12.2. The van der Waals surface area contributed by atoms with Gasteiger partial charge < -0.3 is 5.32 Å². The summed E-state index contributed by atoms with van der Waals surface area (Å²) in [4.78, 5) is 6.19. The van der Waals surface area contributed by atoms with Crippen molar-refractivity contribution in [1.29, 1.82) is 0 Å². The third kappa shape index (κ3) is 2.72. The fraction of sp³-hybridized carbons (Fsp3) is 0.400. The molecule has 0 amide bonds. The number of rotatable bonds is 4. The summed E-state index contributed by atoms with van der Waals surface area (Å²) in [6, 6.07) is 10.6. The molecule has 94 valence electrons. The van der Waals surface area contributed by atoms with Gasteiger partial charge in [-0.2, -0.15) is 0 Å². The van der Waals surface area contributed by atoms with E-state index in [0.717, 1.165) is 18.1 Å². The lowest BCUT2D eigenvalue weighted by Crippen LogP contribution is -2.04. The van der Waals surface area contributed by atoms with Crippen LogP contribution in [-0.4, -0.2) is 11.5 Å². The molecule has 0 saturated carbocycles. The van der Waals surface area contributed by atoms with Gasteiger partial charge >= 0.3 is 0 Å². The Hall–Kier alpha value is -1.35. The number of aromatic nitrogens is 1. The highest BCUT2D eigenvalue weighted by atomic mass is 32.1. The van der Waals surface area contributed by atoms with Crippen LogP contribution >= 0.6 is 11.3 Å². The molecular weight excluding hydrogens is 240 g/mol. The van der Waals surface area contributed by atoms with Crippen LogP contribution < -0.4 is 5.32 Å². The molecule has 3 heteroatoms. The maximum Gasteiger partial charge on any atom is 0.183 e. The Labute approximate surface area is 112 Å². The smallest absolute Gasteiger partial charge is 0.183 e. The van der Waals surface area contributed by atoms with Gasteiger partial charge in [0.2, 0.25) is 0 Å². The van der Waals surface area contributed by atoms with Crippen molar-refractivity contribution in [3.63, 3.8) is 0 Å². The van der Waals surface area contributed by atoms with E-state index in [2.05, 4.69) is 40.6 Å². The van der Waals surface area contributed by atoms with Gasteiger partial charge in [-0.1, -0.05) is 30.3 Å². The number of hydrogen-bond donors (Lipinski definition) is 1. The number of hydrogen-bond acceptors (Lipinski definition) is 3. The number of aryl methyl sites for hydroxylation is 2. The molecule has 1 heterocycles. The highest BCUT2D eigenvalue weighted by molar-refractivity contribution is 7.15. The van der Waals surface area contributed by atoms with Crippen LogP contribution in [0.4, 0.5) is 5.13 Å². The molecule has 1 aliphatic carbocycles. The predicted molar refractivity (Wildman–Crippen MR) is 77.4 cm³/mol. The van der Waals surface area contributed by atoms with Crippen molar-refractivity contribution in [3.8, 4) is 0 Å². The molecule has 0 saturated heterocycles. The van der Waals surface area contributed by atoms with E-state index in [1.807, 2.05) is 11.3 Å². The number of nitrogens with zero attached hydrogens (tertiary/aromatic N) is 1. The van der Waals surface area contributed by atoms with Gasteiger partial charge in [-0.3, -0.25) is 0 Å². The van der Waals surface area contributed by atoms with E-state index in [4.69, 9.17) is 0 Å². The van der Waals surface area contributed by atoms with E-state index in [-0.39, 0.29) is 0 Å². The average molecular weight is 258 g/mol. The molecule has 0 spiro atoms. The normalized spacial score (nSPS) is 14.2. The Kier molecular flexibility index (Phi) is 3.60. The van der Waals surface area contributed by atoms with Crippen LogP contribution in [0.2, 0.25) is 0 Å². The number of fused-ring (bicyclic) bond motifs is 1. The molecule has 18 heavy (non-hydrogen) atoms. The van der Waals surface area contributed by atoms with E-state index in [1.54, 1.807) is 0 Å². The van der Waals surface area contributed by atoms with E-state index in [1.165, 1.54) is 41.8 Å². The number of anilines is 1. The predicted octanol–water partition coefficient (Wildman–Crippen LogP) is 3.68. The molecule has 1 aromatic carbocycles. The maximum atomic E-state index is 4.69. The Bertz CT molecular complexity index is 481. The first kappa shape index (κ1) is 11.7. The van der Waals surface area contributed by atoms with Crippen LogP contribution in [0.1, 0.15) is 29.0 Å². The monoisotopic (exact) mass is 258 g/mol. The minimum Gasteiger partial charge on any atom is -0.361 e. The summed E-state index contributed by atoms with van der Waals surface area (Å²) < 4.78 is 0. The first-order chi connectivity index (χ1) is 8.92. The van der Waals surface area contributed by atoms with Gasteiger partial charge in [0.1, 0.15) is 0 Å². The summed E-state index contributed by atoms with van der Waals surface area (Å²) in [5, 5.41) is 4.57. The standard InChI is InChI=1S/C15H18N2S/c1-2-6-12(7-3-1)10-11-16-15-17-13-8-4-5-9-14(13)18-15/h1-3,6-7H,4-5,8-11H2,(H,16,17). The quantitative estimate of drug-likeness (QED) is 0.905. The fourth-order valence-electron chi connectivity index (χ4n) is 2.39. The van der Waals surface area contributed by atoms with Gasteiger partial charge in [-0.25, -0.2) is 4.98 Å². The average Bonchev–Trinajstić information content (AvgIpc) is 2.82. The second-order valence-corrected chi connectivity index (χ2v) is 5.84. The Morgan fingerprint density at radius 1 is 1.11 bits per heavy atom. The lowest BCUT2D eigenvalue weighted by molar-refractivity contribution is 0.682. The molecule has 1 aromatic heterocycles. The lowest BCUT2D eigenvalue weighted by atomic mass is 10.0. The van der Waals surface area contributed by atoms with Gasteiger partial charge in [-0.05, 0) is 37.7 Å². The van der Waals surface area contributed by atoms with Crippen LogP contribution in [0.25, 0.3) is 0 Å². The summed E-state index contributed by atoms with van der Waals surface area (Å²) in [7, 11) is 0. The van der Waals surface area contributed by atoms with E-state index < -0.39 is 0 Å². The van der Waals surface area contributed by atoms with Crippen LogP contribution in [0.3, 0.4) is 0 Å². The van der Waals surface area contributed by atoms with Crippen LogP contribution in [-0.2, 0) is 19.3 Å². The number of benzene rings is 1. The van der Waals surface area contributed by atoms with Gasteiger partial charge in [-0.15, -0.1) is 11.3 Å². The molecule has 0 unspecified atom stereocenters. The molecule has 0 radical (unpaired) electrons. The Morgan fingerprint density at radius 2 is 1.94 bits per heavy atom. The summed E-state index contributed by atoms with van der Waals surface area (Å²) in [5.74, 6) is 0. The number of nitrogens with one attached hydrogen (secondary N) is 1. The maximum absolute atomic E-state index is 4.69. The molecule has 3 rings (SSSR count). The van der Waals surface area contributed by atoms with Crippen molar-refractivity contribution in [1.82, 2.24) is 4.98 Å². The molecular formula is C15H18N2S. The van der Waals surface area contributed by atoms with E-state index in [9.17, 15) is 0 Å². The zero-order valence-electron chi connectivity index (χ0n) is 10.5. The van der Waals surface area contributed by atoms with Crippen molar-refractivity contribution in [2.24, 2.45) is 0 Å². The Morgan fingerprint density at radius 3 is 2.78 bits per heavy atom. The van der Waals surface area contributed by atoms with Gasteiger partial charge in [0.25, 0.3) is 0 Å². The van der Waals surface area contributed by atoms with Crippen molar-refractivity contribution in [2.75, 3.05) is 11.9 Å². The van der Waals surface area contributed by atoms with E-state index in [0.29, 0.717) is 0 Å². The summed E-state index contributed by atoms with van der Waals surface area (Å²) >= 11 is 1.85. The molecule has 0 aliphatic heterocycles. The molecule has 0 fully saturated rings. The fourth-order valence-corrected chi connectivity index (χ4v) is 3.46. The third-order valence-corrected chi connectivity index (χ3v) is 4.49. The van der Waals surface area contributed by atoms with Crippen molar-refractivity contribution in [3.05, 3.63) is 46.5 Å². The molecule has 1 aliphatic rings. The van der Waals surface area contributed by atoms with Crippen molar-refractivity contribution in [2.45, 2.75) is 32.1 Å². The molecule has 1 N–H and O–H groups in total. The van der Waals surface area contributed by atoms with Crippen LogP contribution in [0, 0.1) is 0 Å². The Balaban J connectivity index is 1.55. The summed E-state index contributed by atoms with van der Waals surface area (Å²) in [6.45, 7) is 0.969. The second-order valence-electron chi connectivity index (χ2n) is 4.76. The molecule has 0 atom stereocenters. The largest absolute Gasteiger partial charge is 0.361 e. The summed E-state index contributed by atoms with van der Waals surface area (Å²) in [5.41, 5.74) is 2.72. The topological polar surface area (TPSA) is 24.9 Å². The summed E-state index contributed by atoms with van der Waals surface area (Å²) in [6.07, 6.45) is 6.10. The zero-order valence-corrected chi connectivity index (χ0v) is 11.3. The van der Waals surface area contributed by atoms with Gasteiger partial charge in [0.15, 0.2) is 5.13 Å². The first-order valence-corrected chi connectivity index (χ1v) is 7.50. The van der Waals surface area contributed by atoms with Crippen molar-refractivity contribution >= 4 is 16.5 Å². The second kappa shape index (κ2) is 5.53. The van der Waals surface area contributed by atoms with E-state index >= 15 is 0 Å². The minimum absolute atomic E-state index is 0.969. The van der Waals surface area contributed by atoms with Crippen LogP contribution in [0.5, 0.6) is 0 Å². The van der Waals surface area contributed by atoms with Gasteiger partial charge in [0.05, 0.1) is 5.69 Å². The first-order valence-electron chi connectivity index (χ1n) is 6.68. The number of thiazole rings is 1. The molecule has 2 nitrogen and oxygen atoms in total. The minimum atomic E-state index is 0.969. The SMILES string of the molecule is c1ccc(CCNc2nc3c(s2)CCCC3)cc1. The van der Waals surface area contributed by atoms with Crippen LogP contribution in [0.15, 0.2) is 30.3 Å². The molecule has 2 aromatic rings. The molecule has 0 bridgehead atoms. The highest BCUT2D eigenvalue weighted by Gasteiger charge is 2.14. The highest BCUT2D eigenvalue weighted by Crippen LogP contribution is 2.29. The lowest BCUT2D eigenvalue weighted by Gasteiger charge is -2.06. The third-order valence-electron chi connectivity index (χ3n) is 3.38. The van der Waals surface area contributed by atoms with Gasteiger partial charge in [0, 0.05) is 11.4 Å².